The number of imide groups is 1. The number of likely N-dealkylation sites (N-methyl/N-ethyl adjacent to an activating group) is 1. The molecule has 1 heterocycles. The molecule has 1 aliphatic rings. The van der Waals surface area contributed by atoms with Gasteiger partial charge in [-0.15, -0.1) is 0 Å². The zero-order valence-corrected chi connectivity index (χ0v) is 14.9. The molecule has 1 aliphatic heterocycles. The van der Waals surface area contributed by atoms with Gasteiger partial charge in [-0.2, -0.15) is 0 Å². The number of hydrogen-bond acceptors (Lipinski definition) is 3. The van der Waals surface area contributed by atoms with Crippen LogP contribution >= 0.6 is 0 Å². The fourth-order valence-electron chi connectivity index (χ4n) is 2.74. The van der Waals surface area contributed by atoms with E-state index in [1.807, 2.05) is 24.3 Å². The molecule has 1 aromatic carbocycles. The molecule has 0 aromatic heterocycles. The first-order valence-corrected chi connectivity index (χ1v) is 8.11. The highest BCUT2D eigenvalue weighted by Gasteiger charge is 2.49. The minimum absolute atomic E-state index is 0.00659. The van der Waals surface area contributed by atoms with Gasteiger partial charge >= 0.3 is 6.03 Å². The van der Waals surface area contributed by atoms with Crippen LogP contribution in [0, 0.1) is 0 Å². The summed E-state index contributed by atoms with van der Waals surface area (Å²) in [5.74, 6) is -0.768. The van der Waals surface area contributed by atoms with Crippen LogP contribution in [-0.4, -0.2) is 35.8 Å². The van der Waals surface area contributed by atoms with Gasteiger partial charge in [0.25, 0.3) is 5.91 Å². The zero-order chi connectivity index (χ0) is 18.1. The largest absolute Gasteiger partial charge is 0.355 e. The van der Waals surface area contributed by atoms with Crippen LogP contribution in [0.4, 0.5) is 4.79 Å². The first-order valence-electron chi connectivity index (χ1n) is 8.11. The van der Waals surface area contributed by atoms with Gasteiger partial charge in [-0.05, 0) is 30.4 Å². The number of amides is 4. The van der Waals surface area contributed by atoms with E-state index in [0.717, 1.165) is 10.5 Å². The number of rotatable bonds is 4. The lowest BCUT2D eigenvalue weighted by Crippen LogP contribution is -2.43. The van der Waals surface area contributed by atoms with Crippen LogP contribution in [0.1, 0.15) is 45.7 Å². The van der Waals surface area contributed by atoms with Gasteiger partial charge in [0.1, 0.15) is 12.1 Å². The lowest BCUT2D eigenvalue weighted by Gasteiger charge is -2.24. The Morgan fingerprint density at radius 3 is 2.29 bits per heavy atom. The minimum atomic E-state index is -1.15. The maximum atomic E-state index is 12.7. The second-order valence-corrected chi connectivity index (χ2v) is 7.23. The van der Waals surface area contributed by atoms with Crippen LogP contribution in [0.15, 0.2) is 24.3 Å². The van der Waals surface area contributed by atoms with Gasteiger partial charge < -0.3 is 10.6 Å². The van der Waals surface area contributed by atoms with E-state index in [9.17, 15) is 14.4 Å². The predicted octanol–water partition coefficient (Wildman–Crippen LogP) is 1.89. The van der Waals surface area contributed by atoms with Crippen molar-refractivity contribution in [3.8, 4) is 0 Å². The molecule has 6 nitrogen and oxygen atoms in total. The SMILES string of the molecule is CCNC(=O)CN1C(=O)NC(C)(c2ccc(C(C)(C)C)cc2)C1=O. The highest BCUT2D eigenvalue weighted by atomic mass is 16.2. The van der Waals surface area contributed by atoms with Gasteiger partial charge in [-0.1, -0.05) is 45.0 Å². The van der Waals surface area contributed by atoms with Crippen LogP contribution < -0.4 is 10.6 Å². The van der Waals surface area contributed by atoms with E-state index in [1.165, 1.54) is 0 Å². The third-order valence-corrected chi connectivity index (χ3v) is 4.28. The molecule has 4 amide bonds. The van der Waals surface area contributed by atoms with Gasteiger partial charge in [0.2, 0.25) is 5.91 Å². The van der Waals surface area contributed by atoms with Crippen LogP contribution in [0.5, 0.6) is 0 Å². The Bertz CT molecular complexity index is 661. The highest BCUT2D eigenvalue weighted by molar-refractivity contribution is 6.09. The Balaban J connectivity index is 2.25. The third-order valence-electron chi connectivity index (χ3n) is 4.28. The fourth-order valence-corrected chi connectivity index (χ4v) is 2.74. The first kappa shape index (κ1) is 18.0. The van der Waals surface area contributed by atoms with Crippen molar-refractivity contribution in [3.63, 3.8) is 0 Å². The van der Waals surface area contributed by atoms with Crippen molar-refractivity contribution >= 4 is 17.8 Å². The van der Waals surface area contributed by atoms with E-state index < -0.39 is 17.5 Å². The second kappa shape index (κ2) is 6.26. The summed E-state index contributed by atoms with van der Waals surface area (Å²) in [7, 11) is 0. The van der Waals surface area contributed by atoms with E-state index in [1.54, 1.807) is 13.8 Å². The summed E-state index contributed by atoms with van der Waals surface area (Å²) in [5.41, 5.74) is 0.699. The summed E-state index contributed by atoms with van der Waals surface area (Å²) in [6.45, 7) is 9.96. The molecule has 0 spiro atoms. The molecule has 0 aliphatic carbocycles. The summed E-state index contributed by atoms with van der Waals surface area (Å²) in [4.78, 5) is 37.5. The van der Waals surface area contributed by atoms with E-state index in [2.05, 4.69) is 31.4 Å². The Kier molecular flexibility index (Phi) is 4.69. The molecule has 1 aromatic rings. The standard InChI is InChI=1S/C18H25N3O3/c1-6-19-14(22)11-21-15(23)18(5,20-16(21)24)13-9-7-12(8-10-13)17(2,3)4/h7-10H,6,11H2,1-5H3,(H,19,22)(H,20,24). The molecule has 1 saturated heterocycles. The minimum Gasteiger partial charge on any atom is -0.355 e. The third kappa shape index (κ3) is 3.27. The highest BCUT2D eigenvalue weighted by Crippen LogP contribution is 2.30. The molecule has 130 valence electrons. The van der Waals surface area contributed by atoms with E-state index in [4.69, 9.17) is 0 Å². The predicted molar refractivity (Wildman–Crippen MR) is 91.4 cm³/mol. The maximum Gasteiger partial charge on any atom is 0.325 e. The number of benzene rings is 1. The maximum absolute atomic E-state index is 12.7. The van der Waals surface area contributed by atoms with Crippen LogP contribution in [0.2, 0.25) is 0 Å². The summed E-state index contributed by atoms with van der Waals surface area (Å²) in [5, 5.41) is 5.30. The van der Waals surface area contributed by atoms with Crippen LogP contribution in [0.3, 0.4) is 0 Å². The fraction of sp³-hybridized carbons (Fsp3) is 0.500. The first-order chi connectivity index (χ1) is 11.1. The van der Waals surface area contributed by atoms with Crippen LogP contribution in [0.25, 0.3) is 0 Å². The van der Waals surface area contributed by atoms with Crippen molar-refractivity contribution < 1.29 is 14.4 Å². The quantitative estimate of drug-likeness (QED) is 0.827. The van der Waals surface area contributed by atoms with Gasteiger partial charge in [0.05, 0.1) is 0 Å². The molecular weight excluding hydrogens is 306 g/mol. The number of hydrogen-bond donors (Lipinski definition) is 2. The number of nitrogens with zero attached hydrogens (tertiary/aromatic N) is 1. The number of nitrogens with one attached hydrogen (secondary N) is 2. The Morgan fingerprint density at radius 1 is 1.21 bits per heavy atom. The topological polar surface area (TPSA) is 78.5 Å². The molecule has 1 fully saturated rings. The summed E-state index contributed by atoms with van der Waals surface area (Å²) >= 11 is 0. The Morgan fingerprint density at radius 2 is 1.79 bits per heavy atom. The van der Waals surface area contributed by atoms with E-state index in [0.29, 0.717) is 12.1 Å². The number of carbonyl (C=O) groups is 3. The van der Waals surface area contributed by atoms with Crippen molar-refractivity contribution in [1.29, 1.82) is 0 Å². The molecule has 1 unspecified atom stereocenters. The number of urea groups is 1. The molecule has 6 heteroatoms. The summed E-state index contributed by atoms with van der Waals surface area (Å²) < 4.78 is 0. The lowest BCUT2D eigenvalue weighted by atomic mass is 9.84. The molecule has 0 radical (unpaired) electrons. The molecule has 24 heavy (non-hydrogen) atoms. The lowest BCUT2D eigenvalue weighted by molar-refractivity contribution is -0.134. The zero-order valence-electron chi connectivity index (χ0n) is 14.9. The molecule has 0 bridgehead atoms. The molecule has 0 saturated carbocycles. The van der Waals surface area contributed by atoms with Crippen molar-refractivity contribution in [2.24, 2.45) is 0 Å². The number of carbonyl (C=O) groups excluding carboxylic acids is 3. The van der Waals surface area contributed by atoms with Crippen LogP contribution in [-0.2, 0) is 20.5 Å². The average Bonchev–Trinajstić information content (AvgIpc) is 2.71. The van der Waals surface area contributed by atoms with Gasteiger partial charge in [0.15, 0.2) is 0 Å². The van der Waals surface area contributed by atoms with Crippen molar-refractivity contribution in [2.75, 3.05) is 13.1 Å². The van der Waals surface area contributed by atoms with Crippen molar-refractivity contribution in [1.82, 2.24) is 15.5 Å². The summed E-state index contributed by atoms with van der Waals surface area (Å²) in [6.07, 6.45) is 0. The van der Waals surface area contributed by atoms with Gasteiger partial charge in [-0.3, -0.25) is 14.5 Å². The van der Waals surface area contributed by atoms with Gasteiger partial charge in [0, 0.05) is 6.54 Å². The molecular formula is C18H25N3O3. The summed E-state index contributed by atoms with van der Waals surface area (Å²) in [6, 6.07) is 7.09. The Labute approximate surface area is 142 Å². The second-order valence-electron chi connectivity index (χ2n) is 7.23. The monoisotopic (exact) mass is 331 g/mol. The Hall–Kier alpha value is -2.37. The van der Waals surface area contributed by atoms with E-state index in [-0.39, 0.29) is 17.9 Å². The smallest absolute Gasteiger partial charge is 0.325 e. The average molecular weight is 331 g/mol. The van der Waals surface area contributed by atoms with E-state index >= 15 is 0 Å². The molecule has 2 N–H and O–H groups in total. The molecule has 1 atom stereocenters. The van der Waals surface area contributed by atoms with Crippen molar-refractivity contribution in [3.05, 3.63) is 35.4 Å². The normalized spacial score (nSPS) is 21.0. The van der Waals surface area contributed by atoms with Gasteiger partial charge in [-0.25, -0.2) is 4.79 Å². The molecule has 2 rings (SSSR count). The van der Waals surface area contributed by atoms with Crippen molar-refractivity contribution in [2.45, 2.75) is 45.6 Å².